The Hall–Kier alpha value is -2.32. The lowest BCUT2D eigenvalue weighted by Crippen LogP contribution is -2.39. The number of carbonyl (C=O) groups is 1. The van der Waals surface area contributed by atoms with E-state index in [1.807, 2.05) is 59.5 Å². The maximum atomic E-state index is 12.5. The highest BCUT2D eigenvalue weighted by molar-refractivity contribution is 8.15. The van der Waals surface area contributed by atoms with Crippen LogP contribution in [0.1, 0.15) is 11.1 Å². The number of hydrogen-bond acceptors (Lipinski definition) is 5. The van der Waals surface area contributed by atoms with Gasteiger partial charge in [-0.05, 0) is 29.7 Å². The summed E-state index contributed by atoms with van der Waals surface area (Å²) in [4.78, 5) is 18.9. The van der Waals surface area contributed by atoms with Gasteiger partial charge in [0, 0.05) is 11.8 Å². The van der Waals surface area contributed by atoms with Crippen molar-refractivity contribution in [2.24, 2.45) is 4.99 Å². The molecule has 2 aromatic rings. The van der Waals surface area contributed by atoms with Gasteiger partial charge in [0.05, 0.1) is 31.1 Å². The molecule has 0 unspecified atom stereocenters. The molecular formula is C22H24N2O4S2. The molecular weight excluding hydrogens is 420 g/mol. The number of nitrogens with zero attached hydrogens (tertiary/aromatic N) is 2. The average Bonchev–Trinajstić information content (AvgIpc) is 3.18. The molecule has 0 bridgehead atoms. The third-order valence-corrected chi connectivity index (χ3v) is 8.64. The SMILES string of the molecule is COc1ccc(CCN2C(=NC(=O)Cc3ccccc3)S[C@@H]3CS(=O)(=O)C[C@@H]32)cc1. The Morgan fingerprint density at radius 2 is 1.83 bits per heavy atom. The largest absolute Gasteiger partial charge is 0.497 e. The van der Waals surface area contributed by atoms with Crippen LogP contribution in [-0.4, -0.2) is 60.8 Å². The molecule has 1 amide bonds. The van der Waals surface area contributed by atoms with Crippen LogP contribution >= 0.6 is 11.8 Å². The predicted octanol–water partition coefficient (Wildman–Crippen LogP) is 2.58. The van der Waals surface area contributed by atoms with Gasteiger partial charge in [-0.25, -0.2) is 8.42 Å². The van der Waals surface area contributed by atoms with Crippen LogP contribution in [0.5, 0.6) is 5.75 Å². The van der Waals surface area contributed by atoms with E-state index in [4.69, 9.17) is 4.74 Å². The molecule has 2 heterocycles. The molecule has 0 radical (unpaired) electrons. The van der Waals surface area contributed by atoms with Gasteiger partial charge in [-0.15, -0.1) is 0 Å². The molecule has 6 nitrogen and oxygen atoms in total. The van der Waals surface area contributed by atoms with E-state index in [2.05, 4.69) is 4.99 Å². The van der Waals surface area contributed by atoms with Crippen molar-refractivity contribution in [3.05, 3.63) is 65.7 Å². The van der Waals surface area contributed by atoms with Crippen molar-refractivity contribution in [1.29, 1.82) is 0 Å². The molecule has 2 aliphatic heterocycles. The van der Waals surface area contributed by atoms with E-state index in [0.29, 0.717) is 11.7 Å². The zero-order valence-electron chi connectivity index (χ0n) is 16.7. The molecule has 4 rings (SSSR count). The first-order chi connectivity index (χ1) is 14.4. The van der Waals surface area contributed by atoms with Crippen molar-refractivity contribution >= 4 is 32.7 Å². The second kappa shape index (κ2) is 8.81. The standard InChI is InChI=1S/C22H24N2O4S2/c1-28-18-9-7-16(8-10-18)11-12-24-19-14-30(26,27)15-20(19)29-22(24)23-21(25)13-17-5-3-2-4-6-17/h2-10,19-20H,11-15H2,1H3/t19-,20+/m0/s1. The zero-order chi connectivity index (χ0) is 21.1. The molecule has 2 fully saturated rings. The number of benzene rings is 2. The Morgan fingerprint density at radius 3 is 2.53 bits per heavy atom. The molecule has 0 aliphatic carbocycles. The molecule has 158 valence electrons. The Labute approximate surface area is 181 Å². The fourth-order valence-corrected chi connectivity index (χ4v) is 7.85. The second-order valence-electron chi connectivity index (χ2n) is 7.54. The lowest BCUT2D eigenvalue weighted by atomic mass is 10.1. The lowest BCUT2D eigenvalue weighted by molar-refractivity contribution is -0.117. The van der Waals surface area contributed by atoms with E-state index in [1.54, 1.807) is 7.11 Å². The van der Waals surface area contributed by atoms with Crippen molar-refractivity contribution in [1.82, 2.24) is 4.90 Å². The molecule has 2 aromatic carbocycles. The van der Waals surface area contributed by atoms with E-state index in [1.165, 1.54) is 11.8 Å². The van der Waals surface area contributed by atoms with Gasteiger partial charge in [-0.2, -0.15) is 4.99 Å². The Kier molecular flexibility index (Phi) is 6.15. The van der Waals surface area contributed by atoms with E-state index in [0.717, 1.165) is 23.3 Å². The number of carbonyl (C=O) groups excluding carboxylic acids is 1. The fraction of sp³-hybridized carbons (Fsp3) is 0.364. The minimum atomic E-state index is -3.05. The molecule has 30 heavy (non-hydrogen) atoms. The lowest BCUT2D eigenvalue weighted by Gasteiger charge is -2.24. The summed E-state index contributed by atoms with van der Waals surface area (Å²) < 4.78 is 29.5. The van der Waals surface area contributed by atoms with Crippen LogP contribution in [0.2, 0.25) is 0 Å². The number of fused-ring (bicyclic) bond motifs is 1. The van der Waals surface area contributed by atoms with Gasteiger partial charge in [0.1, 0.15) is 5.75 Å². The minimum absolute atomic E-state index is 0.0610. The maximum absolute atomic E-state index is 12.5. The van der Waals surface area contributed by atoms with Crippen LogP contribution in [0.15, 0.2) is 59.6 Å². The highest BCUT2D eigenvalue weighted by atomic mass is 32.2. The van der Waals surface area contributed by atoms with E-state index < -0.39 is 9.84 Å². The maximum Gasteiger partial charge on any atom is 0.252 e. The van der Waals surface area contributed by atoms with Crippen LogP contribution in [0.4, 0.5) is 0 Å². The normalized spacial score (nSPS) is 23.5. The number of aliphatic imine (C=N–C) groups is 1. The van der Waals surface area contributed by atoms with Crippen molar-refractivity contribution in [3.8, 4) is 5.75 Å². The Balaban J connectivity index is 1.50. The molecule has 2 atom stereocenters. The number of rotatable bonds is 6. The van der Waals surface area contributed by atoms with Gasteiger partial charge in [0.25, 0.3) is 5.91 Å². The molecule has 2 saturated heterocycles. The third kappa shape index (κ3) is 4.87. The summed E-state index contributed by atoms with van der Waals surface area (Å²) in [5, 5.41) is 0.587. The van der Waals surface area contributed by atoms with Crippen molar-refractivity contribution in [2.75, 3.05) is 25.2 Å². The smallest absolute Gasteiger partial charge is 0.252 e. The summed E-state index contributed by atoms with van der Waals surface area (Å²) in [6.45, 7) is 0.619. The summed E-state index contributed by atoms with van der Waals surface area (Å²) in [6, 6.07) is 17.2. The molecule has 0 spiro atoms. The third-order valence-electron chi connectivity index (χ3n) is 5.39. The Bertz CT molecular complexity index is 1040. The molecule has 2 aliphatic rings. The van der Waals surface area contributed by atoms with Crippen LogP contribution in [0.25, 0.3) is 0 Å². The summed E-state index contributed by atoms with van der Waals surface area (Å²) in [6.07, 6.45) is 0.977. The highest BCUT2D eigenvalue weighted by Gasteiger charge is 2.48. The predicted molar refractivity (Wildman–Crippen MR) is 120 cm³/mol. The quantitative estimate of drug-likeness (QED) is 0.682. The molecule has 8 heteroatoms. The van der Waals surface area contributed by atoms with Gasteiger partial charge >= 0.3 is 0 Å². The number of thioether (sulfide) groups is 1. The summed E-state index contributed by atoms with van der Waals surface area (Å²) in [5.74, 6) is 0.860. The number of methoxy groups -OCH3 is 1. The summed E-state index contributed by atoms with van der Waals surface area (Å²) in [7, 11) is -1.42. The van der Waals surface area contributed by atoms with Crippen LogP contribution in [0, 0.1) is 0 Å². The van der Waals surface area contributed by atoms with Gasteiger partial charge in [-0.1, -0.05) is 54.2 Å². The zero-order valence-corrected chi connectivity index (χ0v) is 18.4. The molecule has 0 aromatic heterocycles. The van der Waals surface area contributed by atoms with E-state index >= 15 is 0 Å². The van der Waals surface area contributed by atoms with Crippen LogP contribution < -0.4 is 4.74 Å². The first kappa shape index (κ1) is 20.9. The summed E-state index contributed by atoms with van der Waals surface area (Å²) >= 11 is 1.43. The van der Waals surface area contributed by atoms with Crippen molar-refractivity contribution in [2.45, 2.75) is 24.1 Å². The highest BCUT2D eigenvalue weighted by Crippen LogP contribution is 2.38. The first-order valence-electron chi connectivity index (χ1n) is 9.85. The van der Waals surface area contributed by atoms with Crippen LogP contribution in [0.3, 0.4) is 0 Å². The fourth-order valence-electron chi connectivity index (χ4n) is 3.86. The van der Waals surface area contributed by atoms with Gasteiger partial charge in [-0.3, -0.25) is 4.79 Å². The number of ether oxygens (including phenoxy) is 1. The number of hydrogen-bond donors (Lipinski definition) is 0. The van der Waals surface area contributed by atoms with Crippen molar-refractivity contribution in [3.63, 3.8) is 0 Å². The topological polar surface area (TPSA) is 76.0 Å². The first-order valence-corrected chi connectivity index (χ1v) is 12.6. The number of amides is 1. The second-order valence-corrected chi connectivity index (χ2v) is 10.9. The number of amidine groups is 1. The van der Waals surface area contributed by atoms with Crippen molar-refractivity contribution < 1.29 is 17.9 Å². The van der Waals surface area contributed by atoms with Gasteiger partial charge < -0.3 is 9.64 Å². The monoisotopic (exact) mass is 444 g/mol. The summed E-state index contributed by atoms with van der Waals surface area (Å²) in [5.41, 5.74) is 2.04. The number of sulfone groups is 1. The minimum Gasteiger partial charge on any atom is -0.497 e. The van der Waals surface area contributed by atoms with E-state index in [-0.39, 0.29) is 35.1 Å². The molecule has 0 saturated carbocycles. The van der Waals surface area contributed by atoms with Gasteiger partial charge in [0.2, 0.25) is 0 Å². The van der Waals surface area contributed by atoms with Gasteiger partial charge in [0.15, 0.2) is 15.0 Å². The van der Waals surface area contributed by atoms with Crippen LogP contribution in [-0.2, 0) is 27.5 Å². The van der Waals surface area contributed by atoms with E-state index in [9.17, 15) is 13.2 Å². The molecule has 0 N–H and O–H groups in total. The Morgan fingerprint density at radius 1 is 1.10 bits per heavy atom. The average molecular weight is 445 g/mol.